The first-order valence-corrected chi connectivity index (χ1v) is 5.58. The van der Waals surface area contributed by atoms with Crippen LogP contribution in [-0.2, 0) is 6.54 Å². The first kappa shape index (κ1) is 10.5. The van der Waals surface area contributed by atoms with Crippen LogP contribution in [0.5, 0.6) is 0 Å². The van der Waals surface area contributed by atoms with Crippen molar-refractivity contribution in [1.82, 2.24) is 4.90 Å². The van der Waals surface area contributed by atoms with Crippen LogP contribution in [0.2, 0.25) is 5.02 Å². The molecule has 0 aromatic heterocycles. The number of rotatable bonds is 3. The number of nitrogens with zero attached hydrogens (tertiary/aromatic N) is 1. The maximum atomic E-state index is 7.90. The summed E-state index contributed by atoms with van der Waals surface area (Å²) in [5.74, 6) is 1.28. The summed E-state index contributed by atoms with van der Waals surface area (Å²) in [4.78, 5) is 2.01. The molecule has 1 aliphatic carbocycles. The van der Waals surface area contributed by atoms with E-state index in [1.807, 2.05) is 36.2 Å². The largest absolute Gasteiger partial charge is 0.359 e. The Kier molecular flexibility index (Phi) is 2.96. The molecule has 0 amide bonds. The third-order valence-corrected chi connectivity index (χ3v) is 2.96. The number of hydrogen-bond acceptors (Lipinski definition) is 1. The van der Waals surface area contributed by atoms with Gasteiger partial charge in [-0.2, -0.15) is 0 Å². The molecule has 1 aliphatic rings. The molecule has 1 fully saturated rings. The Morgan fingerprint density at radius 2 is 2.00 bits per heavy atom. The molecule has 2 rings (SSSR count). The van der Waals surface area contributed by atoms with Gasteiger partial charge in [-0.25, -0.2) is 0 Å². The second-order valence-electron chi connectivity index (χ2n) is 4.14. The number of hydrogen-bond donors (Lipinski definition) is 1. The molecule has 0 heterocycles. The summed E-state index contributed by atoms with van der Waals surface area (Å²) in [6.07, 6.45) is 2.37. The minimum absolute atomic E-state index is 0.516. The van der Waals surface area contributed by atoms with Crippen LogP contribution < -0.4 is 0 Å². The van der Waals surface area contributed by atoms with Crippen molar-refractivity contribution in [2.24, 2.45) is 5.92 Å². The van der Waals surface area contributed by atoms with Crippen molar-refractivity contribution in [1.29, 1.82) is 5.41 Å². The Morgan fingerprint density at radius 3 is 2.53 bits per heavy atom. The number of nitrogens with one attached hydrogen (secondary N) is 1. The fourth-order valence-electron chi connectivity index (χ4n) is 1.62. The van der Waals surface area contributed by atoms with E-state index in [0.717, 1.165) is 17.4 Å². The summed E-state index contributed by atoms with van der Waals surface area (Å²) in [5.41, 5.74) is 1.20. The molecule has 0 radical (unpaired) electrons. The highest BCUT2D eigenvalue weighted by molar-refractivity contribution is 6.30. The van der Waals surface area contributed by atoms with Crippen molar-refractivity contribution >= 4 is 17.4 Å². The Hall–Kier alpha value is -1.02. The molecule has 1 aromatic carbocycles. The highest BCUT2D eigenvalue weighted by Gasteiger charge is 2.28. The van der Waals surface area contributed by atoms with Gasteiger partial charge in [0.05, 0.1) is 5.84 Å². The van der Waals surface area contributed by atoms with E-state index in [4.69, 9.17) is 17.0 Å². The van der Waals surface area contributed by atoms with Crippen molar-refractivity contribution in [2.75, 3.05) is 7.05 Å². The lowest BCUT2D eigenvalue weighted by molar-refractivity contribution is 0.481. The van der Waals surface area contributed by atoms with Gasteiger partial charge in [-0.3, -0.25) is 5.41 Å². The molecule has 2 nitrogen and oxygen atoms in total. The van der Waals surface area contributed by atoms with Crippen molar-refractivity contribution in [3.05, 3.63) is 34.9 Å². The molecule has 1 aromatic rings. The van der Waals surface area contributed by atoms with Crippen molar-refractivity contribution in [2.45, 2.75) is 19.4 Å². The summed E-state index contributed by atoms with van der Waals surface area (Å²) < 4.78 is 0. The van der Waals surface area contributed by atoms with E-state index in [1.165, 1.54) is 18.4 Å². The van der Waals surface area contributed by atoms with Gasteiger partial charge in [0.15, 0.2) is 0 Å². The van der Waals surface area contributed by atoms with E-state index < -0.39 is 0 Å². The second kappa shape index (κ2) is 4.23. The zero-order valence-electron chi connectivity index (χ0n) is 8.83. The maximum Gasteiger partial charge on any atom is 0.0989 e. The molecule has 15 heavy (non-hydrogen) atoms. The van der Waals surface area contributed by atoms with E-state index in [2.05, 4.69) is 0 Å². The number of halogens is 1. The molecule has 0 aliphatic heterocycles. The number of amidine groups is 1. The van der Waals surface area contributed by atoms with E-state index >= 15 is 0 Å². The topological polar surface area (TPSA) is 27.1 Å². The lowest BCUT2D eigenvalue weighted by atomic mass is 10.2. The molecule has 80 valence electrons. The minimum atomic E-state index is 0.516. The molecule has 3 heteroatoms. The summed E-state index contributed by atoms with van der Waals surface area (Å²) in [6.45, 7) is 0.798. The molecule has 0 spiro atoms. The van der Waals surface area contributed by atoms with Gasteiger partial charge in [0, 0.05) is 24.5 Å². The van der Waals surface area contributed by atoms with Gasteiger partial charge >= 0.3 is 0 Å². The second-order valence-corrected chi connectivity index (χ2v) is 4.58. The lowest BCUT2D eigenvalue weighted by Gasteiger charge is -2.19. The van der Waals surface area contributed by atoms with Crippen molar-refractivity contribution < 1.29 is 0 Å². The highest BCUT2D eigenvalue weighted by atomic mass is 35.5. The zero-order chi connectivity index (χ0) is 10.8. The first-order chi connectivity index (χ1) is 7.16. The minimum Gasteiger partial charge on any atom is -0.359 e. The van der Waals surface area contributed by atoms with Crippen LogP contribution in [0.1, 0.15) is 18.4 Å². The Balaban J connectivity index is 1.95. The quantitative estimate of drug-likeness (QED) is 0.617. The zero-order valence-corrected chi connectivity index (χ0v) is 9.59. The van der Waals surface area contributed by atoms with Crippen molar-refractivity contribution in [3.63, 3.8) is 0 Å². The number of benzene rings is 1. The van der Waals surface area contributed by atoms with E-state index in [0.29, 0.717) is 5.92 Å². The monoisotopic (exact) mass is 222 g/mol. The van der Waals surface area contributed by atoms with Gasteiger partial charge in [-0.15, -0.1) is 0 Å². The van der Waals surface area contributed by atoms with E-state index in [9.17, 15) is 0 Å². The molecular formula is C12H15ClN2. The first-order valence-electron chi connectivity index (χ1n) is 5.21. The average molecular weight is 223 g/mol. The van der Waals surface area contributed by atoms with Gasteiger partial charge in [0.1, 0.15) is 0 Å². The summed E-state index contributed by atoms with van der Waals surface area (Å²) in [6, 6.07) is 7.81. The Morgan fingerprint density at radius 1 is 1.40 bits per heavy atom. The standard InChI is InChI=1S/C12H15ClN2/c1-15(12(14)10-4-5-10)8-9-2-6-11(13)7-3-9/h2-3,6-7,10,14H,4-5,8H2,1H3. The van der Waals surface area contributed by atoms with Crippen LogP contribution in [0, 0.1) is 11.3 Å². The summed E-state index contributed by atoms with van der Waals surface area (Å²) in [5, 5.41) is 8.67. The SMILES string of the molecule is CN(Cc1ccc(Cl)cc1)C(=N)C1CC1. The van der Waals surface area contributed by atoms with Gasteiger partial charge in [0.2, 0.25) is 0 Å². The van der Waals surface area contributed by atoms with Gasteiger partial charge < -0.3 is 4.90 Å². The van der Waals surface area contributed by atoms with Gasteiger partial charge in [-0.1, -0.05) is 23.7 Å². The summed E-state index contributed by atoms with van der Waals surface area (Å²) in [7, 11) is 1.98. The summed E-state index contributed by atoms with van der Waals surface area (Å²) >= 11 is 5.82. The molecule has 0 saturated heterocycles. The molecule has 0 bridgehead atoms. The molecular weight excluding hydrogens is 208 g/mol. The lowest BCUT2D eigenvalue weighted by Crippen LogP contribution is -2.26. The van der Waals surface area contributed by atoms with Crippen molar-refractivity contribution in [3.8, 4) is 0 Å². The van der Waals surface area contributed by atoms with Crippen LogP contribution in [0.3, 0.4) is 0 Å². The molecule has 1 N–H and O–H groups in total. The molecule has 1 saturated carbocycles. The third-order valence-electron chi connectivity index (χ3n) is 2.71. The predicted octanol–water partition coefficient (Wildman–Crippen LogP) is 3.16. The third kappa shape index (κ3) is 2.72. The predicted molar refractivity (Wildman–Crippen MR) is 63.4 cm³/mol. The van der Waals surface area contributed by atoms with E-state index in [-0.39, 0.29) is 0 Å². The highest BCUT2D eigenvalue weighted by Crippen LogP contribution is 2.31. The maximum absolute atomic E-state index is 7.90. The normalized spacial score (nSPS) is 15.1. The fraction of sp³-hybridized carbons (Fsp3) is 0.417. The fourth-order valence-corrected chi connectivity index (χ4v) is 1.74. The van der Waals surface area contributed by atoms with Crippen LogP contribution in [0.25, 0.3) is 0 Å². The smallest absolute Gasteiger partial charge is 0.0989 e. The van der Waals surface area contributed by atoms with Crippen LogP contribution in [-0.4, -0.2) is 17.8 Å². The van der Waals surface area contributed by atoms with Crippen LogP contribution >= 0.6 is 11.6 Å². The molecule has 0 atom stereocenters. The van der Waals surface area contributed by atoms with E-state index in [1.54, 1.807) is 0 Å². The average Bonchev–Trinajstić information content (AvgIpc) is 3.04. The van der Waals surface area contributed by atoms with Gasteiger partial charge in [0.25, 0.3) is 0 Å². The Labute approximate surface area is 95.4 Å². The van der Waals surface area contributed by atoms with Crippen LogP contribution in [0.4, 0.5) is 0 Å². The molecule has 0 unspecified atom stereocenters. The van der Waals surface area contributed by atoms with Crippen LogP contribution in [0.15, 0.2) is 24.3 Å². The van der Waals surface area contributed by atoms with Gasteiger partial charge in [-0.05, 0) is 30.5 Å². The Bertz CT molecular complexity index is 354.